The van der Waals surface area contributed by atoms with E-state index in [1.807, 2.05) is 59.3 Å². The van der Waals surface area contributed by atoms with Crippen molar-refractivity contribution in [2.75, 3.05) is 11.9 Å². The quantitative estimate of drug-likeness (QED) is 0.684. The van der Waals surface area contributed by atoms with E-state index in [2.05, 4.69) is 20.8 Å². The predicted octanol–water partition coefficient (Wildman–Crippen LogP) is 2.66. The number of anilines is 1. The number of aromatic nitrogens is 4. The molecule has 0 bridgehead atoms. The lowest BCUT2D eigenvalue weighted by molar-refractivity contribution is -0.128. The monoisotopic (exact) mass is 402 g/mol. The second-order valence-corrected chi connectivity index (χ2v) is 7.91. The van der Waals surface area contributed by atoms with Gasteiger partial charge in [-0.05, 0) is 41.0 Å². The highest BCUT2D eigenvalue weighted by atomic mass is 16.2. The van der Waals surface area contributed by atoms with Crippen molar-refractivity contribution in [2.45, 2.75) is 31.8 Å². The molecule has 152 valence electrons. The third-order valence-electron chi connectivity index (χ3n) is 5.58. The first-order chi connectivity index (χ1) is 14.7. The second-order valence-electron chi connectivity index (χ2n) is 7.91. The van der Waals surface area contributed by atoms with Crippen LogP contribution in [0.3, 0.4) is 0 Å². The SMILES string of the molecule is O=C(Nc1cccc(-c2nnnn2C2CC2)c1)C1CC(=O)N(Cc2ccccc2)C1. The van der Waals surface area contributed by atoms with Gasteiger partial charge >= 0.3 is 0 Å². The highest BCUT2D eigenvalue weighted by Gasteiger charge is 2.34. The smallest absolute Gasteiger partial charge is 0.229 e. The molecule has 3 aromatic rings. The van der Waals surface area contributed by atoms with E-state index in [-0.39, 0.29) is 24.2 Å². The first-order valence-corrected chi connectivity index (χ1v) is 10.2. The molecular formula is C22H22N6O2. The minimum Gasteiger partial charge on any atom is -0.338 e. The van der Waals surface area contributed by atoms with Crippen LogP contribution in [0.2, 0.25) is 0 Å². The van der Waals surface area contributed by atoms with Crippen molar-refractivity contribution in [3.05, 3.63) is 60.2 Å². The minimum absolute atomic E-state index is 0.0105. The van der Waals surface area contributed by atoms with Crippen LogP contribution in [0, 0.1) is 5.92 Å². The van der Waals surface area contributed by atoms with E-state index >= 15 is 0 Å². The van der Waals surface area contributed by atoms with E-state index in [1.165, 1.54) is 0 Å². The fourth-order valence-electron chi connectivity index (χ4n) is 3.83. The number of tetrazole rings is 1. The summed E-state index contributed by atoms with van der Waals surface area (Å²) in [6.45, 7) is 0.960. The van der Waals surface area contributed by atoms with Gasteiger partial charge in [0.15, 0.2) is 5.82 Å². The molecule has 2 fully saturated rings. The molecule has 0 spiro atoms. The Morgan fingerprint density at radius 3 is 2.73 bits per heavy atom. The number of hydrogen-bond donors (Lipinski definition) is 1. The maximum atomic E-state index is 12.8. The lowest BCUT2D eigenvalue weighted by atomic mass is 10.1. The summed E-state index contributed by atoms with van der Waals surface area (Å²) in [6.07, 6.45) is 2.41. The molecule has 1 N–H and O–H groups in total. The summed E-state index contributed by atoms with van der Waals surface area (Å²) in [6, 6.07) is 17.7. The number of benzene rings is 2. The molecule has 1 unspecified atom stereocenters. The number of amides is 2. The highest BCUT2D eigenvalue weighted by Crippen LogP contribution is 2.36. The zero-order chi connectivity index (χ0) is 20.5. The number of carbonyl (C=O) groups is 2. The van der Waals surface area contributed by atoms with Crippen LogP contribution in [0.15, 0.2) is 54.6 Å². The summed E-state index contributed by atoms with van der Waals surface area (Å²) in [5.41, 5.74) is 2.60. The Kier molecular flexibility index (Phi) is 4.74. The zero-order valence-corrected chi connectivity index (χ0v) is 16.4. The predicted molar refractivity (Wildman–Crippen MR) is 110 cm³/mol. The Bertz CT molecular complexity index is 1080. The second kappa shape index (κ2) is 7.70. The van der Waals surface area contributed by atoms with Crippen molar-refractivity contribution in [3.63, 3.8) is 0 Å². The Morgan fingerprint density at radius 1 is 1.10 bits per heavy atom. The van der Waals surface area contributed by atoms with Gasteiger partial charge in [-0.1, -0.05) is 42.5 Å². The molecular weight excluding hydrogens is 380 g/mol. The molecule has 2 amide bonds. The third kappa shape index (κ3) is 3.80. The van der Waals surface area contributed by atoms with Gasteiger partial charge in [0.2, 0.25) is 11.8 Å². The van der Waals surface area contributed by atoms with Gasteiger partial charge in [0.1, 0.15) is 0 Å². The standard InChI is InChI=1S/C22H22N6O2/c29-20-12-17(14-27(20)13-15-5-2-1-3-6-15)22(30)23-18-8-4-7-16(11-18)21-24-25-26-28(21)19-9-10-19/h1-8,11,17,19H,9-10,12-14H2,(H,23,30). The van der Waals surface area contributed by atoms with Crippen LogP contribution >= 0.6 is 0 Å². The van der Waals surface area contributed by atoms with Gasteiger partial charge < -0.3 is 10.2 Å². The minimum atomic E-state index is -0.360. The first kappa shape index (κ1) is 18.5. The van der Waals surface area contributed by atoms with Crippen LogP contribution in [-0.2, 0) is 16.1 Å². The molecule has 1 aliphatic carbocycles. The van der Waals surface area contributed by atoms with E-state index in [1.54, 1.807) is 4.90 Å². The molecule has 2 heterocycles. The molecule has 8 heteroatoms. The molecule has 1 atom stereocenters. The molecule has 1 aromatic heterocycles. The summed E-state index contributed by atoms with van der Waals surface area (Å²) in [5, 5.41) is 15.0. The Labute approximate surface area is 173 Å². The Hall–Kier alpha value is -3.55. The summed E-state index contributed by atoms with van der Waals surface area (Å²) in [4.78, 5) is 26.9. The average molecular weight is 402 g/mol. The number of nitrogens with one attached hydrogen (secondary N) is 1. The lowest BCUT2D eigenvalue weighted by Crippen LogP contribution is -2.28. The molecule has 8 nitrogen and oxygen atoms in total. The summed E-state index contributed by atoms with van der Waals surface area (Å²) in [5.74, 6) is 0.217. The number of rotatable bonds is 6. The Morgan fingerprint density at radius 2 is 1.93 bits per heavy atom. The fourth-order valence-corrected chi connectivity index (χ4v) is 3.83. The number of carbonyl (C=O) groups excluding carboxylic acids is 2. The van der Waals surface area contributed by atoms with E-state index in [9.17, 15) is 9.59 Å². The van der Waals surface area contributed by atoms with Gasteiger partial charge in [-0.2, -0.15) is 0 Å². The van der Waals surface area contributed by atoms with Crippen LogP contribution in [-0.4, -0.2) is 43.5 Å². The van der Waals surface area contributed by atoms with Gasteiger partial charge in [0.05, 0.1) is 12.0 Å². The highest BCUT2D eigenvalue weighted by molar-refractivity contribution is 5.97. The van der Waals surface area contributed by atoms with Crippen LogP contribution in [0.5, 0.6) is 0 Å². The number of nitrogens with zero attached hydrogens (tertiary/aromatic N) is 5. The number of likely N-dealkylation sites (tertiary alicyclic amines) is 1. The molecule has 30 heavy (non-hydrogen) atoms. The van der Waals surface area contributed by atoms with Gasteiger partial charge in [-0.3, -0.25) is 9.59 Å². The Balaban J connectivity index is 1.26. The third-order valence-corrected chi connectivity index (χ3v) is 5.58. The summed E-state index contributed by atoms with van der Waals surface area (Å²) in [7, 11) is 0. The average Bonchev–Trinajstić information content (AvgIpc) is 3.37. The fraction of sp³-hybridized carbons (Fsp3) is 0.318. The van der Waals surface area contributed by atoms with Gasteiger partial charge in [-0.15, -0.1) is 5.10 Å². The van der Waals surface area contributed by atoms with Crippen LogP contribution < -0.4 is 5.32 Å². The van der Waals surface area contributed by atoms with Crippen molar-refractivity contribution in [1.29, 1.82) is 0 Å². The maximum Gasteiger partial charge on any atom is 0.229 e. The van der Waals surface area contributed by atoms with Crippen LogP contribution in [0.1, 0.15) is 30.9 Å². The first-order valence-electron chi connectivity index (χ1n) is 10.2. The van der Waals surface area contributed by atoms with E-state index < -0.39 is 0 Å². The van der Waals surface area contributed by atoms with Gasteiger partial charge in [-0.25, -0.2) is 4.68 Å². The van der Waals surface area contributed by atoms with Gasteiger partial charge in [0.25, 0.3) is 0 Å². The normalized spacial score (nSPS) is 18.6. The van der Waals surface area contributed by atoms with Crippen LogP contribution in [0.4, 0.5) is 5.69 Å². The molecule has 5 rings (SSSR count). The molecule has 1 saturated heterocycles. The largest absolute Gasteiger partial charge is 0.338 e. The van der Waals surface area contributed by atoms with E-state index in [0.717, 1.165) is 24.0 Å². The number of hydrogen-bond acceptors (Lipinski definition) is 5. The van der Waals surface area contributed by atoms with E-state index in [0.29, 0.717) is 30.6 Å². The van der Waals surface area contributed by atoms with E-state index in [4.69, 9.17) is 0 Å². The topological polar surface area (TPSA) is 93.0 Å². The van der Waals surface area contributed by atoms with Crippen LogP contribution in [0.25, 0.3) is 11.4 Å². The van der Waals surface area contributed by atoms with Crippen molar-refractivity contribution in [3.8, 4) is 11.4 Å². The lowest BCUT2D eigenvalue weighted by Gasteiger charge is -2.16. The van der Waals surface area contributed by atoms with Crippen molar-refractivity contribution in [2.24, 2.45) is 5.92 Å². The van der Waals surface area contributed by atoms with Gasteiger partial charge in [0, 0.05) is 30.8 Å². The molecule has 2 aliphatic rings. The molecule has 2 aromatic carbocycles. The zero-order valence-electron chi connectivity index (χ0n) is 16.4. The van der Waals surface area contributed by atoms with Crippen molar-refractivity contribution >= 4 is 17.5 Å². The molecule has 1 aliphatic heterocycles. The van der Waals surface area contributed by atoms with Crippen molar-refractivity contribution < 1.29 is 9.59 Å². The summed E-state index contributed by atoms with van der Waals surface area (Å²) < 4.78 is 1.85. The summed E-state index contributed by atoms with van der Waals surface area (Å²) >= 11 is 0. The maximum absolute atomic E-state index is 12.8. The van der Waals surface area contributed by atoms with Crippen molar-refractivity contribution in [1.82, 2.24) is 25.1 Å². The molecule has 1 saturated carbocycles. The molecule has 0 radical (unpaired) electrons.